The Morgan fingerprint density at radius 2 is 1.77 bits per heavy atom. The Hall–Kier alpha value is -2.78. The molecule has 1 aliphatic carbocycles. The first-order chi connectivity index (χ1) is 17.0. The third kappa shape index (κ3) is 4.97. The number of nitrogens with zero attached hydrogens (tertiary/aromatic N) is 3. The van der Waals surface area contributed by atoms with E-state index < -0.39 is 0 Å². The topological polar surface area (TPSA) is 19.4 Å². The molecule has 1 atom stereocenters. The fraction of sp³-hybridized carbons (Fsp3) is 0.387. The maximum absolute atomic E-state index is 6.93. The van der Waals surface area contributed by atoms with Crippen LogP contribution in [0.2, 0.25) is 5.02 Å². The summed E-state index contributed by atoms with van der Waals surface area (Å²) >= 11 is 6.93. The number of benzene rings is 2. The standard InChI is InChI=1S/C31H36ClN3/c1-4-5-9-22(2)34-16-18-35(19-17-34)23(3)25-12-14-27-29(20-25)33-30-21-26(13-15-28(30)31(27)32)24-10-7-6-8-11-24/h6-8,10-12,14,20,26H,2-5,9,13,15-19,21H2,1H3. The fourth-order valence-electron chi connectivity index (χ4n) is 5.59. The highest BCUT2D eigenvalue weighted by Crippen LogP contribution is 2.38. The van der Waals surface area contributed by atoms with Crippen LogP contribution in [0.25, 0.3) is 16.6 Å². The van der Waals surface area contributed by atoms with Crippen LogP contribution in [-0.4, -0.2) is 41.0 Å². The van der Waals surface area contributed by atoms with Gasteiger partial charge >= 0.3 is 0 Å². The molecule has 2 aliphatic rings. The van der Waals surface area contributed by atoms with E-state index >= 15 is 0 Å². The number of pyridine rings is 1. The van der Waals surface area contributed by atoms with E-state index in [1.165, 1.54) is 29.7 Å². The summed E-state index contributed by atoms with van der Waals surface area (Å²) in [6.45, 7) is 15.0. The van der Waals surface area contributed by atoms with Crippen molar-refractivity contribution < 1.29 is 0 Å². The molecule has 1 saturated heterocycles. The lowest BCUT2D eigenvalue weighted by atomic mass is 9.82. The van der Waals surface area contributed by atoms with Gasteiger partial charge in [0.1, 0.15) is 0 Å². The van der Waals surface area contributed by atoms with E-state index in [1.807, 2.05) is 0 Å². The lowest BCUT2D eigenvalue weighted by Crippen LogP contribution is -2.44. The first kappa shape index (κ1) is 23.9. The second kappa shape index (κ2) is 10.5. The van der Waals surface area contributed by atoms with Gasteiger partial charge in [-0.15, -0.1) is 0 Å². The van der Waals surface area contributed by atoms with Crippen molar-refractivity contribution >= 4 is 28.2 Å². The lowest BCUT2D eigenvalue weighted by molar-refractivity contribution is 0.209. The van der Waals surface area contributed by atoms with Gasteiger partial charge in [0.15, 0.2) is 0 Å². The maximum atomic E-state index is 6.93. The van der Waals surface area contributed by atoms with Crippen LogP contribution in [-0.2, 0) is 12.8 Å². The van der Waals surface area contributed by atoms with Crippen LogP contribution in [0.1, 0.15) is 60.9 Å². The normalized spacial score (nSPS) is 17.9. The van der Waals surface area contributed by atoms with Crippen molar-refractivity contribution in [2.75, 3.05) is 26.2 Å². The molecule has 0 radical (unpaired) electrons. The molecule has 35 heavy (non-hydrogen) atoms. The summed E-state index contributed by atoms with van der Waals surface area (Å²) in [5, 5.41) is 1.94. The SMILES string of the molecule is C=C(CCCC)N1CCN(C(=C)c2ccc3c(Cl)c4c(nc3c2)CC(c2ccccc2)CC4)CC1. The number of halogens is 1. The van der Waals surface area contributed by atoms with Crippen molar-refractivity contribution in [2.45, 2.75) is 51.4 Å². The molecule has 5 rings (SSSR count). The predicted molar refractivity (Wildman–Crippen MR) is 149 cm³/mol. The van der Waals surface area contributed by atoms with E-state index in [1.54, 1.807) is 0 Å². The largest absolute Gasteiger partial charge is 0.372 e. The number of fused-ring (bicyclic) bond motifs is 2. The van der Waals surface area contributed by atoms with Gasteiger partial charge in [-0.1, -0.05) is 80.6 Å². The summed E-state index contributed by atoms with van der Waals surface area (Å²) in [6.07, 6.45) is 6.59. The molecule has 1 aromatic heterocycles. The third-order valence-corrected chi connectivity index (χ3v) is 8.25. The van der Waals surface area contributed by atoms with Crippen molar-refractivity contribution in [3.63, 3.8) is 0 Å². The molecule has 3 nitrogen and oxygen atoms in total. The highest BCUT2D eigenvalue weighted by Gasteiger charge is 2.25. The summed E-state index contributed by atoms with van der Waals surface area (Å²) in [6, 6.07) is 17.3. The van der Waals surface area contributed by atoms with Crippen LogP contribution >= 0.6 is 11.6 Å². The number of hydrogen-bond donors (Lipinski definition) is 0. The average molecular weight is 486 g/mol. The molecule has 0 bridgehead atoms. The van der Waals surface area contributed by atoms with Gasteiger partial charge in [-0.3, -0.25) is 4.98 Å². The molecule has 1 fully saturated rings. The second-order valence-corrected chi connectivity index (χ2v) is 10.4. The fourth-order valence-corrected chi connectivity index (χ4v) is 5.96. The molecule has 4 heteroatoms. The van der Waals surface area contributed by atoms with Gasteiger partial charge in [0.05, 0.1) is 10.5 Å². The number of rotatable bonds is 7. The number of allylic oxidation sites excluding steroid dienone is 1. The van der Waals surface area contributed by atoms with Gasteiger partial charge in [0.25, 0.3) is 0 Å². The Morgan fingerprint density at radius 3 is 2.51 bits per heavy atom. The van der Waals surface area contributed by atoms with E-state index in [0.717, 1.165) is 84.7 Å². The number of piperazine rings is 1. The van der Waals surface area contributed by atoms with Crippen LogP contribution in [0.3, 0.4) is 0 Å². The van der Waals surface area contributed by atoms with Gasteiger partial charge in [0.2, 0.25) is 0 Å². The van der Waals surface area contributed by atoms with E-state index in [0.29, 0.717) is 5.92 Å². The van der Waals surface area contributed by atoms with Gasteiger partial charge in [-0.05, 0) is 60.8 Å². The molecule has 0 spiro atoms. The van der Waals surface area contributed by atoms with Crippen LogP contribution in [0.15, 0.2) is 67.4 Å². The van der Waals surface area contributed by atoms with Crippen molar-refractivity contribution in [2.24, 2.45) is 0 Å². The summed E-state index contributed by atoms with van der Waals surface area (Å²) in [4.78, 5) is 9.98. The summed E-state index contributed by atoms with van der Waals surface area (Å²) in [5.74, 6) is 0.506. The Morgan fingerprint density at radius 1 is 1.03 bits per heavy atom. The monoisotopic (exact) mass is 485 g/mol. The quantitative estimate of drug-likeness (QED) is 0.346. The molecule has 2 heterocycles. The van der Waals surface area contributed by atoms with Crippen LogP contribution < -0.4 is 0 Å². The Kier molecular flexibility index (Phi) is 7.15. The molecule has 0 amide bonds. The van der Waals surface area contributed by atoms with Gasteiger partial charge in [-0.25, -0.2) is 0 Å². The van der Waals surface area contributed by atoms with Gasteiger partial charge in [0, 0.05) is 48.7 Å². The van der Waals surface area contributed by atoms with E-state index in [9.17, 15) is 0 Å². The first-order valence-corrected chi connectivity index (χ1v) is 13.5. The Bertz CT molecular complexity index is 1220. The minimum absolute atomic E-state index is 0.506. The van der Waals surface area contributed by atoms with E-state index in [-0.39, 0.29) is 0 Å². The van der Waals surface area contributed by atoms with Crippen LogP contribution in [0.4, 0.5) is 0 Å². The molecule has 0 N–H and O–H groups in total. The van der Waals surface area contributed by atoms with Crippen LogP contribution in [0.5, 0.6) is 0 Å². The molecule has 182 valence electrons. The van der Waals surface area contributed by atoms with Crippen molar-refractivity contribution in [3.8, 4) is 0 Å². The zero-order valence-corrected chi connectivity index (χ0v) is 21.7. The van der Waals surface area contributed by atoms with Gasteiger partial charge < -0.3 is 9.80 Å². The molecule has 1 unspecified atom stereocenters. The smallest absolute Gasteiger partial charge is 0.0727 e. The minimum Gasteiger partial charge on any atom is -0.372 e. The lowest BCUT2D eigenvalue weighted by Gasteiger charge is -2.39. The van der Waals surface area contributed by atoms with Crippen LogP contribution in [0, 0.1) is 0 Å². The van der Waals surface area contributed by atoms with Crippen molar-refractivity contribution in [1.82, 2.24) is 14.8 Å². The number of hydrogen-bond acceptors (Lipinski definition) is 3. The van der Waals surface area contributed by atoms with E-state index in [2.05, 4.69) is 78.4 Å². The highest BCUT2D eigenvalue weighted by atomic mass is 35.5. The molecule has 0 saturated carbocycles. The molecular weight excluding hydrogens is 450 g/mol. The molecule has 1 aliphatic heterocycles. The maximum Gasteiger partial charge on any atom is 0.0727 e. The average Bonchev–Trinajstić information content (AvgIpc) is 2.91. The summed E-state index contributed by atoms with van der Waals surface area (Å²) in [7, 11) is 0. The molecule has 3 aromatic rings. The number of unbranched alkanes of at least 4 members (excludes halogenated alkanes) is 1. The Balaban J connectivity index is 1.33. The van der Waals surface area contributed by atoms with Crippen molar-refractivity contribution in [3.05, 3.63) is 94.8 Å². The van der Waals surface area contributed by atoms with Crippen molar-refractivity contribution in [1.29, 1.82) is 0 Å². The minimum atomic E-state index is 0.506. The zero-order chi connectivity index (χ0) is 24.4. The number of aromatic nitrogens is 1. The second-order valence-electron chi connectivity index (χ2n) is 10.0. The van der Waals surface area contributed by atoms with Gasteiger partial charge in [-0.2, -0.15) is 0 Å². The Labute approximate surface area is 215 Å². The summed E-state index contributed by atoms with van der Waals surface area (Å²) < 4.78 is 0. The molecular formula is C31H36ClN3. The third-order valence-electron chi connectivity index (χ3n) is 7.82. The first-order valence-electron chi connectivity index (χ1n) is 13.1. The predicted octanol–water partition coefficient (Wildman–Crippen LogP) is 7.45. The summed E-state index contributed by atoms with van der Waals surface area (Å²) in [5.41, 5.74) is 8.25. The molecule has 2 aromatic carbocycles. The zero-order valence-electron chi connectivity index (χ0n) is 20.9. The van der Waals surface area contributed by atoms with E-state index in [4.69, 9.17) is 16.6 Å². The highest BCUT2D eigenvalue weighted by molar-refractivity contribution is 6.36.